The summed E-state index contributed by atoms with van der Waals surface area (Å²) in [6, 6.07) is 8.65. The second kappa shape index (κ2) is 7.65. The van der Waals surface area contributed by atoms with Crippen molar-refractivity contribution in [2.24, 2.45) is 0 Å². The minimum absolute atomic E-state index is 0.229. The van der Waals surface area contributed by atoms with Gasteiger partial charge in [0, 0.05) is 23.8 Å². The van der Waals surface area contributed by atoms with E-state index in [0.29, 0.717) is 30.4 Å². The molecular formula is C18H26N6O. The number of nitrogen functional groups attached to an aromatic ring is 1. The van der Waals surface area contributed by atoms with Gasteiger partial charge in [0.15, 0.2) is 0 Å². The Morgan fingerprint density at radius 1 is 1.20 bits per heavy atom. The summed E-state index contributed by atoms with van der Waals surface area (Å²) in [6.07, 6.45) is 3.69. The molecule has 1 saturated heterocycles. The molecule has 1 aliphatic heterocycles. The molecule has 3 rings (SSSR count). The van der Waals surface area contributed by atoms with Crippen LogP contribution < -0.4 is 15.8 Å². The van der Waals surface area contributed by atoms with Gasteiger partial charge in [-0.15, -0.1) is 0 Å². The Morgan fingerprint density at radius 3 is 2.68 bits per heavy atom. The summed E-state index contributed by atoms with van der Waals surface area (Å²) < 4.78 is 5.24. The smallest absolute Gasteiger partial charge is 0.232 e. The van der Waals surface area contributed by atoms with Crippen LogP contribution in [-0.4, -0.2) is 39.0 Å². The molecule has 25 heavy (non-hydrogen) atoms. The molecule has 0 saturated carbocycles. The van der Waals surface area contributed by atoms with Crippen molar-refractivity contribution < 1.29 is 4.74 Å². The molecule has 0 aliphatic carbocycles. The Bertz CT molecular complexity index is 712. The molecular weight excluding hydrogens is 316 g/mol. The van der Waals surface area contributed by atoms with Crippen LogP contribution in [0.3, 0.4) is 0 Å². The van der Waals surface area contributed by atoms with E-state index in [1.54, 1.807) is 7.11 Å². The highest BCUT2D eigenvalue weighted by atomic mass is 16.5. The van der Waals surface area contributed by atoms with Crippen molar-refractivity contribution in [3.05, 3.63) is 30.1 Å². The van der Waals surface area contributed by atoms with Crippen LogP contribution in [-0.2, 0) is 6.54 Å². The van der Waals surface area contributed by atoms with Crippen molar-refractivity contribution in [2.75, 3.05) is 18.2 Å². The lowest BCUT2D eigenvalue weighted by Crippen LogP contribution is -2.43. The Hall–Kier alpha value is -2.41. The summed E-state index contributed by atoms with van der Waals surface area (Å²) >= 11 is 0. The molecule has 0 unspecified atom stereocenters. The quantitative estimate of drug-likeness (QED) is 0.863. The maximum absolute atomic E-state index is 5.90. The third kappa shape index (κ3) is 4.36. The van der Waals surface area contributed by atoms with Gasteiger partial charge < -0.3 is 15.8 Å². The first-order valence-corrected chi connectivity index (χ1v) is 8.72. The maximum Gasteiger partial charge on any atom is 0.232 e. The molecule has 0 amide bonds. The van der Waals surface area contributed by atoms with Crippen LogP contribution in [0.5, 0.6) is 5.75 Å². The Kier molecular flexibility index (Phi) is 5.33. The molecule has 2 atom stereocenters. The zero-order valence-corrected chi connectivity index (χ0v) is 15.1. The number of ether oxygens (including phenoxy) is 1. The SMILES string of the molecule is COc1cccc(Nc2nc(N)nc(CN3[C@H](C)CCC[C@H]3C)n2)c1. The van der Waals surface area contributed by atoms with Crippen LogP contribution in [0.4, 0.5) is 17.6 Å². The number of nitrogens with one attached hydrogen (secondary N) is 1. The fraction of sp³-hybridized carbons (Fsp3) is 0.500. The lowest BCUT2D eigenvalue weighted by atomic mass is 9.97. The lowest BCUT2D eigenvalue weighted by Gasteiger charge is -2.38. The molecule has 3 N–H and O–H groups in total. The number of aromatic nitrogens is 3. The largest absolute Gasteiger partial charge is 0.497 e. The van der Waals surface area contributed by atoms with E-state index in [-0.39, 0.29) is 5.95 Å². The van der Waals surface area contributed by atoms with Crippen LogP contribution >= 0.6 is 0 Å². The summed E-state index contributed by atoms with van der Waals surface area (Å²) in [4.78, 5) is 15.5. The minimum atomic E-state index is 0.229. The van der Waals surface area contributed by atoms with Gasteiger partial charge in [0.05, 0.1) is 13.7 Å². The van der Waals surface area contributed by atoms with Crippen LogP contribution in [0.1, 0.15) is 38.9 Å². The highest BCUT2D eigenvalue weighted by molar-refractivity contribution is 5.56. The fourth-order valence-corrected chi connectivity index (χ4v) is 3.34. The number of likely N-dealkylation sites (tertiary alicyclic amines) is 1. The van der Waals surface area contributed by atoms with E-state index < -0.39 is 0 Å². The van der Waals surface area contributed by atoms with E-state index in [1.807, 2.05) is 24.3 Å². The first-order valence-electron chi connectivity index (χ1n) is 8.72. The van der Waals surface area contributed by atoms with Gasteiger partial charge in [0.2, 0.25) is 11.9 Å². The first kappa shape index (κ1) is 17.4. The van der Waals surface area contributed by atoms with E-state index in [9.17, 15) is 0 Å². The highest BCUT2D eigenvalue weighted by Crippen LogP contribution is 2.24. The van der Waals surface area contributed by atoms with Gasteiger partial charge in [-0.1, -0.05) is 12.5 Å². The van der Waals surface area contributed by atoms with Crippen LogP contribution in [0, 0.1) is 0 Å². The van der Waals surface area contributed by atoms with Crippen LogP contribution in [0.15, 0.2) is 24.3 Å². The van der Waals surface area contributed by atoms with Crippen molar-refractivity contribution in [2.45, 2.75) is 51.7 Å². The summed E-state index contributed by atoms with van der Waals surface area (Å²) in [5.74, 6) is 2.14. The number of hydrogen-bond donors (Lipinski definition) is 2. The molecule has 0 radical (unpaired) electrons. The number of piperidine rings is 1. The molecule has 7 nitrogen and oxygen atoms in total. The molecule has 2 aromatic rings. The molecule has 134 valence electrons. The van der Waals surface area contributed by atoms with Gasteiger partial charge in [-0.25, -0.2) is 0 Å². The summed E-state index contributed by atoms with van der Waals surface area (Å²) in [6.45, 7) is 5.20. The molecule has 1 aromatic carbocycles. The van der Waals surface area contributed by atoms with Crippen LogP contribution in [0.2, 0.25) is 0 Å². The third-order valence-corrected chi connectivity index (χ3v) is 4.72. The molecule has 1 fully saturated rings. The number of anilines is 3. The minimum Gasteiger partial charge on any atom is -0.497 e. The number of rotatable bonds is 5. The predicted molar refractivity (Wildman–Crippen MR) is 98.8 cm³/mol. The second-order valence-electron chi connectivity index (χ2n) is 6.59. The Labute approximate surface area is 148 Å². The maximum atomic E-state index is 5.90. The number of benzene rings is 1. The van der Waals surface area contributed by atoms with Gasteiger partial charge in [0.25, 0.3) is 0 Å². The van der Waals surface area contributed by atoms with Gasteiger partial charge in [-0.3, -0.25) is 4.90 Å². The molecule has 0 spiro atoms. The first-order chi connectivity index (χ1) is 12.0. The Balaban J connectivity index is 1.78. The van der Waals surface area contributed by atoms with Crippen molar-refractivity contribution in [3.8, 4) is 5.75 Å². The number of nitrogens with two attached hydrogens (primary N) is 1. The molecule has 2 heterocycles. The standard InChI is InChI=1S/C18H26N6O/c1-12-6-4-7-13(2)24(12)11-16-21-17(19)23-18(22-16)20-14-8-5-9-15(10-14)25-3/h5,8-10,12-13H,4,6-7,11H2,1-3H3,(H3,19,20,21,22,23)/t12-,13-/m1/s1. The number of nitrogens with zero attached hydrogens (tertiary/aromatic N) is 4. The summed E-state index contributed by atoms with van der Waals surface area (Å²) in [5.41, 5.74) is 6.74. The van der Waals surface area contributed by atoms with Crippen LogP contribution in [0.25, 0.3) is 0 Å². The predicted octanol–water partition coefficient (Wildman–Crippen LogP) is 2.97. The molecule has 1 aliphatic rings. The van der Waals surface area contributed by atoms with Crippen molar-refractivity contribution >= 4 is 17.6 Å². The molecule has 0 bridgehead atoms. The van der Waals surface area contributed by atoms with Gasteiger partial charge in [-0.2, -0.15) is 15.0 Å². The van der Waals surface area contributed by atoms with Gasteiger partial charge >= 0.3 is 0 Å². The molecule has 7 heteroatoms. The van der Waals surface area contributed by atoms with Crippen molar-refractivity contribution in [1.29, 1.82) is 0 Å². The summed E-state index contributed by atoms with van der Waals surface area (Å²) in [5, 5.41) is 3.18. The lowest BCUT2D eigenvalue weighted by molar-refractivity contribution is 0.0922. The average Bonchev–Trinajstić information content (AvgIpc) is 2.58. The van der Waals surface area contributed by atoms with E-state index in [1.165, 1.54) is 19.3 Å². The third-order valence-electron chi connectivity index (χ3n) is 4.72. The summed E-state index contributed by atoms with van der Waals surface area (Å²) in [7, 11) is 1.64. The number of methoxy groups -OCH3 is 1. The molecule has 1 aromatic heterocycles. The van der Waals surface area contributed by atoms with Crippen molar-refractivity contribution in [1.82, 2.24) is 19.9 Å². The van der Waals surface area contributed by atoms with E-state index in [4.69, 9.17) is 10.5 Å². The van der Waals surface area contributed by atoms with Gasteiger partial charge in [0.1, 0.15) is 11.6 Å². The normalized spacial score (nSPS) is 21.1. The highest BCUT2D eigenvalue weighted by Gasteiger charge is 2.25. The second-order valence-corrected chi connectivity index (χ2v) is 6.59. The zero-order valence-electron chi connectivity index (χ0n) is 15.1. The van der Waals surface area contributed by atoms with E-state index in [0.717, 1.165) is 11.4 Å². The van der Waals surface area contributed by atoms with Gasteiger partial charge in [-0.05, 0) is 38.8 Å². The monoisotopic (exact) mass is 342 g/mol. The number of hydrogen-bond acceptors (Lipinski definition) is 7. The van der Waals surface area contributed by atoms with E-state index in [2.05, 4.69) is 39.0 Å². The van der Waals surface area contributed by atoms with Crippen molar-refractivity contribution in [3.63, 3.8) is 0 Å². The Morgan fingerprint density at radius 2 is 1.96 bits per heavy atom. The zero-order chi connectivity index (χ0) is 17.8. The average molecular weight is 342 g/mol. The topological polar surface area (TPSA) is 89.2 Å². The fourth-order valence-electron chi connectivity index (χ4n) is 3.34. The van der Waals surface area contributed by atoms with E-state index >= 15 is 0 Å².